The van der Waals surface area contributed by atoms with Crippen LogP contribution in [0.2, 0.25) is 0 Å². The van der Waals surface area contributed by atoms with E-state index >= 15 is 0 Å². The molecule has 1 aliphatic rings. The number of methoxy groups -OCH3 is 1. The SMILES string of the molecule is COc1ccc(-c2nc3ccccc3o2)cc1NC(=O)c1ccc2c(c1)OCCO2. The largest absolute Gasteiger partial charge is 0.495 e. The van der Waals surface area contributed by atoms with Crippen LogP contribution in [0.4, 0.5) is 5.69 Å². The van der Waals surface area contributed by atoms with Gasteiger partial charge in [0.05, 0.1) is 12.8 Å². The van der Waals surface area contributed by atoms with E-state index in [1.807, 2.05) is 30.3 Å². The molecule has 0 saturated carbocycles. The number of rotatable bonds is 4. The van der Waals surface area contributed by atoms with Crippen molar-refractivity contribution in [2.75, 3.05) is 25.6 Å². The zero-order valence-corrected chi connectivity index (χ0v) is 16.2. The van der Waals surface area contributed by atoms with Crippen molar-refractivity contribution in [3.63, 3.8) is 0 Å². The fourth-order valence-corrected chi connectivity index (χ4v) is 3.31. The summed E-state index contributed by atoms with van der Waals surface area (Å²) in [5.74, 6) is 1.89. The summed E-state index contributed by atoms with van der Waals surface area (Å²) in [7, 11) is 1.55. The molecule has 30 heavy (non-hydrogen) atoms. The lowest BCUT2D eigenvalue weighted by atomic mass is 10.1. The molecule has 4 aromatic rings. The number of nitrogens with zero attached hydrogens (tertiary/aromatic N) is 1. The van der Waals surface area contributed by atoms with E-state index in [1.54, 1.807) is 37.4 Å². The third kappa shape index (κ3) is 3.30. The third-order valence-electron chi connectivity index (χ3n) is 4.79. The molecule has 1 N–H and O–H groups in total. The average molecular weight is 402 g/mol. The van der Waals surface area contributed by atoms with Crippen LogP contribution in [0.25, 0.3) is 22.6 Å². The van der Waals surface area contributed by atoms with Crippen LogP contribution in [0.1, 0.15) is 10.4 Å². The Balaban J connectivity index is 1.46. The first-order valence-electron chi connectivity index (χ1n) is 9.46. The Morgan fingerprint density at radius 3 is 2.67 bits per heavy atom. The number of nitrogens with one attached hydrogen (secondary N) is 1. The molecule has 0 aliphatic carbocycles. The van der Waals surface area contributed by atoms with Crippen molar-refractivity contribution < 1.29 is 23.4 Å². The minimum absolute atomic E-state index is 0.292. The second kappa shape index (κ2) is 7.44. The van der Waals surface area contributed by atoms with Crippen LogP contribution in [-0.4, -0.2) is 31.2 Å². The maximum Gasteiger partial charge on any atom is 0.255 e. The van der Waals surface area contributed by atoms with Crippen LogP contribution >= 0.6 is 0 Å². The van der Waals surface area contributed by atoms with E-state index in [1.165, 1.54) is 0 Å². The van der Waals surface area contributed by atoms with Crippen LogP contribution < -0.4 is 19.5 Å². The Bertz CT molecular complexity index is 1210. The second-order valence-corrected chi connectivity index (χ2v) is 6.71. The predicted molar refractivity (Wildman–Crippen MR) is 111 cm³/mol. The molecular formula is C23H18N2O5. The van der Waals surface area contributed by atoms with Gasteiger partial charge in [-0.1, -0.05) is 12.1 Å². The van der Waals surface area contributed by atoms with Gasteiger partial charge in [-0.15, -0.1) is 0 Å². The number of ether oxygens (including phenoxy) is 3. The van der Waals surface area contributed by atoms with Crippen molar-refractivity contribution in [2.45, 2.75) is 0 Å². The van der Waals surface area contributed by atoms with E-state index in [2.05, 4.69) is 10.3 Å². The molecule has 1 amide bonds. The van der Waals surface area contributed by atoms with Crippen LogP contribution in [0.3, 0.4) is 0 Å². The van der Waals surface area contributed by atoms with Gasteiger partial charge in [0.2, 0.25) is 5.89 Å². The van der Waals surface area contributed by atoms with Crippen LogP contribution in [0.15, 0.2) is 65.1 Å². The summed E-state index contributed by atoms with van der Waals surface area (Å²) in [6, 6.07) is 18.0. The molecule has 150 valence electrons. The zero-order valence-electron chi connectivity index (χ0n) is 16.2. The number of aromatic nitrogens is 1. The smallest absolute Gasteiger partial charge is 0.255 e. The molecular weight excluding hydrogens is 384 g/mol. The molecule has 1 aromatic heterocycles. The number of carbonyl (C=O) groups is 1. The molecule has 7 nitrogen and oxygen atoms in total. The molecule has 0 fully saturated rings. The standard InChI is InChI=1S/C23H18N2O5/c1-27-18-8-7-15(23-25-16-4-2-3-5-19(16)30-23)12-17(18)24-22(26)14-6-9-20-21(13-14)29-11-10-28-20/h2-9,12-13H,10-11H2,1H3,(H,24,26). The van der Waals surface area contributed by atoms with Gasteiger partial charge in [-0.2, -0.15) is 0 Å². The summed E-state index contributed by atoms with van der Waals surface area (Å²) in [6.07, 6.45) is 0. The number of oxazole rings is 1. The Morgan fingerprint density at radius 1 is 1.00 bits per heavy atom. The van der Waals surface area contributed by atoms with Gasteiger partial charge in [-0.05, 0) is 48.5 Å². The Labute approximate surface area is 172 Å². The van der Waals surface area contributed by atoms with E-state index in [0.717, 1.165) is 11.1 Å². The molecule has 3 aromatic carbocycles. The highest BCUT2D eigenvalue weighted by atomic mass is 16.6. The highest BCUT2D eigenvalue weighted by Gasteiger charge is 2.17. The van der Waals surface area contributed by atoms with Gasteiger partial charge in [0.25, 0.3) is 5.91 Å². The summed E-state index contributed by atoms with van der Waals surface area (Å²) in [5.41, 5.74) is 3.16. The van der Waals surface area contributed by atoms with Crippen molar-refractivity contribution in [1.82, 2.24) is 4.98 Å². The first kappa shape index (κ1) is 18.1. The molecule has 0 saturated heterocycles. The lowest BCUT2D eigenvalue weighted by molar-refractivity contribution is 0.102. The normalized spacial score (nSPS) is 12.6. The maximum absolute atomic E-state index is 12.9. The second-order valence-electron chi connectivity index (χ2n) is 6.71. The summed E-state index contributed by atoms with van der Waals surface area (Å²) in [6.45, 7) is 0.955. The minimum atomic E-state index is -0.292. The molecule has 1 aliphatic heterocycles. The van der Waals surface area contributed by atoms with Crippen LogP contribution in [0, 0.1) is 0 Å². The van der Waals surface area contributed by atoms with Gasteiger partial charge in [0, 0.05) is 11.1 Å². The molecule has 2 heterocycles. The van der Waals surface area contributed by atoms with Gasteiger partial charge in [0.1, 0.15) is 24.5 Å². The van der Waals surface area contributed by atoms with Gasteiger partial charge in [0.15, 0.2) is 17.1 Å². The number of hydrogen-bond acceptors (Lipinski definition) is 6. The van der Waals surface area contributed by atoms with Crippen molar-refractivity contribution in [3.8, 4) is 28.7 Å². The highest BCUT2D eigenvalue weighted by molar-refractivity contribution is 6.05. The molecule has 0 atom stereocenters. The lowest BCUT2D eigenvalue weighted by Crippen LogP contribution is -2.17. The van der Waals surface area contributed by atoms with E-state index in [4.69, 9.17) is 18.6 Å². The highest BCUT2D eigenvalue weighted by Crippen LogP contribution is 2.34. The quantitative estimate of drug-likeness (QED) is 0.540. The van der Waals surface area contributed by atoms with Crippen molar-refractivity contribution in [2.24, 2.45) is 0 Å². The molecule has 5 rings (SSSR count). The summed E-state index contributed by atoms with van der Waals surface area (Å²) < 4.78 is 22.3. The van der Waals surface area contributed by atoms with Gasteiger partial charge in [-0.25, -0.2) is 4.98 Å². The first-order chi connectivity index (χ1) is 14.7. The van der Waals surface area contributed by atoms with E-state index in [9.17, 15) is 4.79 Å². The maximum atomic E-state index is 12.9. The van der Waals surface area contributed by atoms with Crippen LogP contribution in [0.5, 0.6) is 17.2 Å². The van der Waals surface area contributed by atoms with Crippen molar-refractivity contribution in [3.05, 3.63) is 66.2 Å². The zero-order chi connectivity index (χ0) is 20.5. The van der Waals surface area contributed by atoms with E-state index < -0.39 is 0 Å². The van der Waals surface area contributed by atoms with Crippen molar-refractivity contribution >= 4 is 22.7 Å². The number of benzene rings is 3. The van der Waals surface area contributed by atoms with Gasteiger partial charge >= 0.3 is 0 Å². The number of anilines is 1. The van der Waals surface area contributed by atoms with Crippen molar-refractivity contribution in [1.29, 1.82) is 0 Å². The third-order valence-corrected chi connectivity index (χ3v) is 4.79. The minimum Gasteiger partial charge on any atom is -0.495 e. The Morgan fingerprint density at radius 2 is 1.83 bits per heavy atom. The number of carbonyl (C=O) groups excluding carboxylic acids is 1. The topological polar surface area (TPSA) is 82.8 Å². The van der Waals surface area contributed by atoms with Gasteiger partial charge < -0.3 is 23.9 Å². The number of para-hydroxylation sites is 2. The number of hydrogen-bond donors (Lipinski definition) is 1. The van der Waals surface area contributed by atoms with Crippen LogP contribution in [-0.2, 0) is 0 Å². The Kier molecular flexibility index (Phi) is 4.48. The van der Waals surface area contributed by atoms with E-state index in [0.29, 0.717) is 53.2 Å². The fraction of sp³-hybridized carbons (Fsp3) is 0.130. The lowest BCUT2D eigenvalue weighted by Gasteiger charge is -2.19. The first-order valence-corrected chi connectivity index (χ1v) is 9.46. The van der Waals surface area contributed by atoms with E-state index in [-0.39, 0.29) is 5.91 Å². The molecule has 0 spiro atoms. The average Bonchev–Trinajstić information content (AvgIpc) is 3.23. The summed E-state index contributed by atoms with van der Waals surface area (Å²) in [5, 5.41) is 2.90. The predicted octanol–water partition coefficient (Wildman–Crippen LogP) is 4.53. The molecule has 0 bridgehead atoms. The monoisotopic (exact) mass is 402 g/mol. The fourth-order valence-electron chi connectivity index (χ4n) is 3.31. The molecule has 0 radical (unpaired) electrons. The Hall–Kier alpha value is -4.00. The number of fused-ring (bicyclic) bond motifs is 2. The summed E-state index contributed by atoms with van der Waals surface area (Å²) >= 11 is 0. The summed E-state index contributed by atoms with van der Waals surface area (Å²) in [4.78, 5) is 17.4. The van der Waals surface area contributed by atoms with Gasteiger partial charge in [-0.3, -0.25) is 4.79 Å². The molecule has 7 heteroatoms. The molecule has 0 unspecified atom stereocenters. The number of amides is 1.